The Morgan fingerprint density at radius 2 is 0.769 bits per heavy atom. The van der Waals surface area contributed by atoms with Crippen molar-refractivity contribution in [1.29, 1.82) is 0 Å². The van der Waals surface area contributed by atoms with E-state index < -0.39 is 49.5 Å². The number of hydrogen-bond acceptors (Lipinski definition) is 8. The van der Waals surface area contributed by atoms with Gasteiger partial charge < -0.3 is 40.3 Å². The van der Waals surface area contributed by atoms with Crippen molar-refractivity contribution in [3.8, 4) is 0 Å². The van der Waals surface area contributed by atoms with Crippen LogP contribution in [0.25, 0.3) is 0 Å². The largest absolute Gasteiger partial charge is 0.394 e. The van der Waals surface area contributed by atoms with Crippen LogP contribution in [0.4, 0.5) is 0 Å². The normalized spacial score (nSPS) is 19.0. The molecule has 0 saturated carbocycles. The van der Waals surface area contributed by atoms with Gasteiger partial charge in [-0.1, -0.05) is 299 Å². The number of nitrogens with one attached hydrogen (secondary N) is 1. The molecule has 78 heavy (non-hydrogen) atoms. The molecular formula is C69H127NO8. The molecule has 1 fully saturated rings. The Balaban J connectivity index is 2.03. The fourth-order valence-electron chi connectivity index (χ4n) is 10.5. The minimum absolute atomic E-state index is 0.183. The van der Waals surface area contributed by atoms with Gasteiger partial charge in [-0.2, -0.15) is 0 Å². The summed E-state index contributed by atoms with van der Waals surface area (Å²) in [6.45, 7) is 3.76. The number of rotatable bonds is 58. The monoisotopic (exact) mass is 1100 g/mol. The van der Waals surface area contributed by atoms with Crippen LogP contribution in [0.3, 0.4) is 0 Å². The van der Waals surface area contributed by atoms with Crippen molar-refractivity contribution in [3.63, 3.8) is 0 Å². The van der Waals surface area contributed by atoms with Crippen LogP contribution in [-0.4, -0.2) is 87.5 Å². The summed E-state index contributed by atoms with van der Waals surface area (Å²) in [7, 11) is 0. The highest BCUT2D eigenvalue weighted by Crippen LogP contribution is 2.23. The van der Waals surface area contributed by atoms with Gasteiger partial charge in [-0.3, -0.25) is 4.79 Å². The van der Waals surface area contributed by atoms with E-state index in [1.54, 1.807) is 6.08 Å². The molecule has 0 spiro atoms. The van der Waals surface area contributed by atoms with Crippen molar-refractivity contribution < 1.29 is 39.8 Å². The molecule has 0 aromatic carbocycles. The van der Waals surface area contributed by atoms with Gasteiger partial charge in [0.1, 0.15) is 24.4 Å². The topological polar surface area (TPSA) is 149 Å². The number of aliphatic hydroxyl groups is 5. The average Bonchev–Trinajstić information content (AvgIpc) is 3.46. The molecule has 1 rings (SSSR count). The van der Waals surface area contributed by atoms with Crippen LogP contribution in [-0.2, 0) is 14.3 Å². The van der Waals surface area contributed by atoms with Gasteiger partial charge >= 0.3 is 0 Å². The van der Waals surface area contributed by atoms with Crippen molar-refractivity contribution in [1.82, 2.24) is 5.32 Å². The SMILES string of the molecule is CCCCCCC/C=C\C/C=C\C/C=C\CCCCCCCCCCCCCCCCCCCCCCCCCCCCC(=O)NC(COC1OC(CO)C(O)C(O)C1O)C(O)/C=C/CC/C=C/CCCCCCCCCC. The van der Waals surface area contributed by atoms with Crippen molar-refractivity contribution in [2.75, 3.05) is 13.2 Å². The van der Waals surface area contributed by atoms with E-state index in [0.29, 0.717) is 6.42 Å². The molecular weight excluding hydrogens is 971 g/mol. The Labute approximate surface area is 481 Å². The summed E-state index contributed by atoms with van der Waals surface area (Å²) in [5.41, 5.74) is 0. The highest BCUT2D eigenvalue weighted by atomic mass is 16.7. The Kier molecular flexibility index (Phi) is 55.0. The molecule has 1 heterocycles. The third-order valence-corrected chi connectivity index (χ3v) is 15.8. The lowest BCUT2D eigenvalue weighted by Gasteiger charge is -2.40. The maximum absolute atomic E-state index is 13.1. The molecule has 0 radical (unpaired) electrons. The number of allylic oxidation sites excluding steroid dienone is 9. The molecule has 1 aliphatic heterocycles. The molecule has 6 N–H and O–H groups in total. The first-order valence-corrected chi connectivity index (χ1v) is 33.5. The molecule has 0 aliphatic carbocycles. The van der Waals surface area contributed by atoms with E-state index in [-0.39, 0.29) is 12.5 Å². The maximum atomic E-state index is 13.1. The van der Waals surface area contributed by atoms with Gasteiger partial charge in [0.05, 0.1) is 25.4 Å². The van der Waals surface area contributed by atoms with Crippen molar-refractivity contribution >= 4 is 5.91 Å². The second-order valence-corrected chi connectivity index (χ2v) is 23.3. The van der Waals surface area contributed by atoms with E-state index in [0.717, 1.165) is 51.4 Å². The first-order valence-electron chi connectivity index (χ1n) is 33.5. The van der Waals surface area contributed by atoms with Gasteiger partial charge in [-0.05, 0) is 70.6 Å². The lowest BCUT2D eigenvalue weighted by Crippen LogP contribution is -2.60. The van der Waals surface area contributed by atoms with Gasteiger partial charge in [-0.25, -0.2) is 0 Å². The van der Waals surface area contributed by atoms with Crippen LogP contribution < -0.4 is 5.32 Å². The minimum atomic E-state index is -1.57. The van der Waals surface area contributed by atoms with Crippen molar-refractivity contribution in [2.45, 2.75) is 358 Å². The molecule has 0 aromatic heterocycles. The maximum Gasteiger partial charge on any atom is 0.220 e. The summed E-state index contributed by atoms with van der Waals surface area (Å²) >= 11 is 0. The molecule has 1 amide bonds. The van der Waals surface area contributed by atoms with Crippen molar-refractivity contribution in [2.24, 2.45) is 0 Å². The summed E-state index contributed by atoms with van der Waals surface area (Å²) < 4.78 is 11.3. The van der Waals surface area contributed by atoms with E-state index in [4.69, 9.17) is 9.47 Å². The number of aliphatic hydroxyl groups excluding tert-OH is 5. The first-order chi connectivity index (χ1) is 38.3. The third-order valence-electron chi connectivity index (χ3n) is 15.8. The van der Waals surface area contributed by atoms with Crippen LogP contribution in [0.15, 0.2) is 60.8 Å². The molecule has 7 atom stereocenters. The number of amides is 1. The average molecular weight is 1100 g/mol. The van der Waals surface area contributed by atoms with Crippen LogP contribution >= 0.6 is 0 Å². The molecule has 9 heteroatoms. The van der Waals surface area contributed by atoms with Crippen LogP contribution in [0.1, 0.15) is 316 Å². The zero-order chi connectivity index (χ0) is 56.5. The molecule has 1 saturated heterocycles. The molecule has 7 unspecified atom stereocenters. The van der Waals surface area contributed by atoms with Gasteiger partial charge in [0.2, 0.25) is 5.91 Å². The predicted octanol–water partition coefficient (Wildman–Crippen LogP) is 17.8. The zero-order valence-corrected chi connectivity index (χ0v) is 50.9. The number of carbonyl (C=O) groups excluding carboxylic acids is 1. The Bertz CT molecular complexity index is 1410. The Hall–Kier alpha value is -2.11. The van der Waals surface area contributed by atoms with Gasteiger partial charge in [0.25, 0.3) is 0 Å². The highest BCUT2D eigenvalue weighted by molar-refractivity contribution is 5.76. The number of carbonyl (C=O) groups is 1. The second-order valence-electron chi connectivity index (χ2n) is 23.3. The van der Waals surface area contributed by atoms with Crippen LogP contribution in [0.5, 0.6) is 0 Å². The van der Waals surface area contributed by atoms with Gasteiger partial charge in [0.15, 0.2) is 6.29 Å². The number of hydrogen-bond donors (Lipinski definition) is 6. The smallest absolute Gasteiger partial charge is 0.220 e. The van der Waals surface area contributed by atoms with E-state index in [1.807, 2.05) is 6.08 Å². The fraction of sp³-hybridized carbons (Fsp3) is 0.841. The standard InChI is InChI=1S/C69H127NO8/c1-3-5-7-9-11-13-15-17-19-20-21-22-23-24-25-26-27-28-29-30-31-32-33-34-35-36-37-38-39-40-41-42-43-44-45-47-49-51-53-55-57-59-65(73)70-62(61-77-69-68(76)67(75)66(74)64(60-71)78-69)63(72)58-56-54-52-50-48-46-18-16-14-12-10-8-6-4-2/h15,17,20-21,23-24,48,50,56,58,62-64,66-69,71-72,74-76H,3-14,16,18-19,22,25-47,49,51-55,57,59-61H2,1-2H3,(H,70,73)/b17-15-,21-20-,24-23-,50-48+,58-56+. The van der Waals surface area contributed by atoms with E-state index in [9.17, 15) is 30.3 Å². The van der Waals surface area contributed by atoms with E-state index in [2.05, 4.69) is 67.8 Å². The fourth-order valence-corrected chi connectivity index (χ4v) is 10.5. The Morgan fingerprint density at radius 3 is 1.17 bits per heavy atom. The van der Waals surface area contributed by atoms with E-state index in [1.165, 1.54) is 244 Å². The summed E-state index contributed by atoms with van der Waals surface area (Å²) in [6.07, 6.45) is 73.4. The molecule has 1 aliphatic rings. The van der Waals surface area contributed by atoms with E-state index >= 15 is 0 Å². The summed E-state index contributed by atoms with van der Waals surface area (Å²) in [4.78, 5) is 13.1. The predicted molar refractivity (Wildman–Crippen MR) is 332 cm³/mol. The summed E-state index contributed by atoms with van der Waals surface area (Å²) in [5.74, 6) is -0.183. The highest BCUT2D eigenvalue weighted by Gasteiger charge is 2.44. The Morgan fingerprint density at radius 1 is 0.436 bits per heavy atom. The molecule has 0 bridgehead atoms. The zero-order valence-electron chi connectivity index (χ0n) is 50.9. The summed E-state index contributed by atoms with van der Waals surface area (Å²) in [6, 6.07) is -0.821. The lowest BCUT2D eigenvalue weighted by atomic mass is 9.99. The number of ether oxygens (including phenoxy) is 2. The van der Waals surface area contributed by atoms with Crippen molar-refractivity contribution in [3.05, 3.63) is 60.8 Å². The van der Waals surface area contributed by atoms with Crippen LogP contribution in [0.2, 0.25) is 0 Å². The third kappa shape index (κ3) is 46.5. The lowest BCUT2D eigenvalue weighted by molar-refractivity contribution is -0.302. The second kappa shape index (κ2) is 58.1. The number of unbranched alkanes of at least 4 members (excludes halogenated alkanes) is 40. The van der Waals surface area contributed by atoms with Gasteiger partial charge in [0, 0.05) is 6.42 Å². The first kappa shape index (κ1) is 73.9. The molecule has 0 aromatic rings. The molecule has 9 nitrogen and oxygen atoms in total. The van der Waals surface area contributed by atoms with Gasteiger partial charge in [-0.15, -0.1) is 0 Å². The molecule has 456 valence electrons. The quantitative estimate of drug-likeness (QED) is 0.0261. The summed E-state index contributed by atoms with van der Waals surface area (Å²) in [5, 5.41) is 54.5. The minimum Gasteiger partial charge on any atom is -0.394 e. The van der Waals surface area contributed by atoms with Crippen LogP contribution in [0, 0.1) is 0 Å².